The van der Waals surface area contributed by atoms with Gasteiger partial charge in [-0.2, -0.15) is 5.10 Å². The van der Waals surface area contributed by atoms with Crippen molar-refractivity contribution in [2.75, 3.05) is 11.5 Å². The summed E-state index contributed by atoms with van der Waals surface area (Å²) in [6.45, 7) is 3.85. The van der Waals surface area contributed by atoms with Crippen LogP contribution in [0.15, 0.2) is 6.07 Å². The number of carboxylic acid groups (broad SMARTS) is 1. The minimum atomic E-state index is -2.94. The van der Waals surface area contributed by atoms with E-state index in [2.05, 4.69) is 5.10 Å². The Labute approximate surface area is 99.2 Å². The van der Waals surface area contributed by atoms with Gasteiger partial charge in [-0.1, -0.05) is 13.8 Å². The van der Waals surface area contributed by atoms with Gasteiger partial charge in [-0.05, 0) is 12.0 Å². The average molecular weight is 258 g/mol. The Balaban J connectivity index is 2.36. The van der Waals surface area contributed by atoms with Crippen LogP contribution in [0.4, 0.5) is 0 Å². The zero-order chi connectivity index (χ0) is 12.8. The molecule has 0 unspecified atom stereocenters. The highest BCUT2D eigenvalue weighted by Crippen LogP contribution is 2.28. The van der Waals surface area contributed by atoms with E-state index < -0.39 is 15.8 Å². The lowest BCUT2D eigenvalue weighted by molar-refractivity contribution is 0.0689. The van der Waals surface area contributed by atoms with Gasteiger partial charge < -0.3 is 5.11 Å². The molecule has 94 valence electrons. The van der Waals surface area contributed by atoms with E-state index in [0.29, 0.717) is 0 Å². The van der Waals surface area contributed by atoms with Crippen molar-refractivity contribution in [1.82, 2.24) is 9.78 Å². The van der Waals surface area contributed by atoms with Crippen LogP contribution in [0.25, 0.3) is 0 Å². The van der Waals surface area contributed by atoms with Gasteiger partial charge >= 0.3 is 5.97 Å². The van der Waals surface area contributed by atoms with Crippen LogP contribution >= 0.6 is 0 Å². The van der Waals surface area contributed by atoms with Gasteiger partial charge in [-0.25, -0.2) is 13.2 Å². The minimum Gasteiger partial charge on any atom is -0.476 e. The predicted octanol–water partition coefficient (Wildman–Crippen LogP) is 0.674. The molecule has 2 heterocycles. The minimum absolute atomic E-state index is 0.0296. The van der Waals surface area contributed by atoms with Gasteiger partial charge in [0.15, 0.2) is 15.5 Å². The third-order valence-electron chi connectivity index (χ3n) is 2.81. The molecule has 1 aliphatic heterocycles. The van der Waals surface area contributed by atoms with Gasteiger partial charge in [0, 0.05) is 5.69 Å². The Morgan fingerprint density at radius 1 is 1.53 bits per heavy atom. The fraction of sp³-hybridized carbons (Fsp3) is 0.600. The Kier molecular flexibility index (Phi) is 2.73. The van der Waals surface area contributed by atoms with E-state index in [0.717, 1.165) is 5.69 Å². The molecule has 0 saturated carbocycles. The fourth-order valence-electron chi connectivity index (χ4n) is 1.92. The first-order valence-corrected chi connectivity index (χ1v) is 7.15. The molecule has 0 aromatic carbocycles. The summed E-state index contributed by atoms with van der Waals surface area (Å²) in [6.07, 6.45) is 0. The number of sulfone groups is 1. The smallest absolute Gasteiger partial charge is 0.356 e. The SMILES string of the molecule is CC(C)c1cc(C(=O)O)nn1C1CS(=O)(=O)C1. The number of rotatable bonds is 3. The highest BCUT2D eigenvalue weighted by molar-refractivity contribution is 7.92. The average Bonchev–Trinajstić information content (AvgIpc) is 2.57. The van der Waals surface area contributed by atoms with E-state index >= 15 is 0 Å². The number of nitrogens with zero attached hydrogens (tertiary/aromatic N) is 2. The molecule has 1 fully saturated rings. The molecular weight excluding hydrogens is 244 g/mol. The number of hydrogen-bond donors (Lipinski definition) is 1. The lowest BCUT2D eigenvalue weighted by atomic mass is 10.1. The molecule has 1 saturated heterocycles. The summed E-state index contributed by atoms with van der Waals surface area (Å²) < 4.78 is 23.8. The third-order valence-corrected chi connectivity index (χ3v) is 4.60. The zero-order valence-electron chi connectivity index (χ0n) is 9.62. The lowest BCUT2D eigenvalue weighted by Gasteiger charge is -2.28. The molecule has 0 radical (unpaired) electrons. The van der Waals surface area contributed by atoms with E-state index in [1.807, 2.05) is 13.8 Å². The van der Waals surface area contributed by atoms with Crippen LogP contribution in [0.1, 0.15) is 42.0 Å². The molecule has 1 aromatic rings. The van der Waals surface area contributed by atoms with Crippen molar-refractivity contribution in [2.45, 2.75) is 25.8 Å². The summed E-state index contributed by atoms with van der Waals surface area (Å²) >= 11 is 0. The lowest BCUT2D eigenvalue weighted by Crippen LogP contribution is -2.39. The molecule has 1 aromatic heterocycles. The molecule has 17 heavy (non-hydrogen) atoms. The Hall–Kier alpha value is -1.37. The van der Waals surface area contributed by atoms with Crippen molar-refractivity contribution in [3.63, 3.8) is 0 Å². The first kappa shape index (κ1) is 12.1. The van der Waals surface area contributed by atoms with Gasteiger partial charge in [0.1, 0.15) is 0 Å². The molecule has 0 bridgehead atoms. The van der Waals surface area contributed by atoms with Crippen molar-refractivity contribution in [3.05, 3.63) is 17.5 Å². The fourth-order valence-corrected chi connectivity index (χ4v) is 3.27. The number of aromatic nitrogens is 2. The molecule has 7 heteroatoms. The summed E-state index contributed by atoms with van der Waals surface area (Å²) in [5.41, 5.74) is 0.736. The Bertz CT molecular complexity index is 547. The van der Waals surface area contributed by atoms with E-state index in [9.17, 15) is 13.2 Å². The third kappa shape index (κ3) is 2.19. The van der Waals surface area contributed by atoms with Crippen molar-refractivity contribution < 1.29 is 18.3 Å². The second-order valence-corrected chi connectivity index (χ2v) is 6.74. The van der Waals surface area contributed by atoms with Crippen LogP contribution in [0.3, 0.4) is 0 Å². The molecule has 0 amide bonds. The van der Waals surface area contributed by atoms with E-state index in [4.69, 9.17) is 5.11 Å². The monoisotopic (exact) mass is 258 g/mol. The van der Waals surface area contributed by atoms with Crippen LogP contribution in [0.5, 0.6) is 0 Å². The van der Waals surface area contributed by atoms with Crippen molar-refractivity contribution >= 4 is 15.8 Å². The maximum Gasteiger partial charge on any atom is 0.356 e. The first-order chi connectivity index (χ1) is 7.80. The van der Waals surface area contributed by atoms with Crippen LogP contribution in [0, 0.1) is 0 Å². The quantitative estimate of drug-likeness (QED) is 0.860. The molecule has 1 N–H and O–H groups in total. The Morgan fingerprint density at radius 2 is 2.12 bits per heavy atom. The molecule has 0 atom stereocenters. The topological polar surface area (TPSA) is 89.3 Å². The first-order valence-electron chi connectivity index (χ1n) is 5.33. The van der Waals surface area contributed by atoms with Crippen LogP contribution < -0.4 is 0 Å². The second-order valence-electron chi connectivity index (χ2n) is 4.59. The van der Waals surface area contributed by atoms with Crippen LogP contribution in [-0.2, 0) is 9.84 Å². The summed E-state index contributed by atoms with van der Waals surface area (Å²) in [5.74, 6) is -0.882. The van der Waals surface area contributed by atoms with Crippen molar-refractivity contribution in [3.8, 4) is 0 Å². The zero-order valence-corrected chi connectivity index (χ0v) is 10.4. The molecule has 6 nitrogen and oxygen atoms in total. The van der Waals surface area contributed by atoms with E-state index in [1.54, 1.807) is 4.68 Å². The van der Waals surface area contributed by atoms with Gasteiger partial charge in [0.25, 0.3) is 0 Å². The summed E-state index contributed by atoms with van der Waals surface area (Å²) in [4.78, 5) is 10.9. The number of carbonyl (C=O) groups is 1. The van der Waals surface area contributed by atoms with Crippen molar-refractivity contribution in [1.29, 1.82) is 0 Å². The van der Waals surface area contributed by atoms with Gasteiger partial charge in [0.2, 0.25) is 0 Å². The predicted molar refractivity (Wildman–Crippen MR) is 61.0 cm³/mol. The maximum absolute atomic E-state index is 11.1. The number of hydrogen-bond acceptors (Lipinski definition) is 4. The van der Waals surface area contributed by atoms with E-state index in [1.165, 1.54) is 6.07 Å². The highest BCUT2D eigenvalue weighted by Gasteiger charge is 2.37. The number of aromatic carboxylic acids is 1. The van der Waals surface area contributed by atoms with Crippen LogP contribution in [0.2, 0.25) is 0 Å². The molecular formula is C10H14N2O4S. The molecule has 0 aliphatic carbocycles. The molecule has 0 spiro atoms. The summed E-state index contributed by atoms with van der Waals surface area (Å²) in [5, 5.41) is 12.9. The van der Waals surface area contributed by atoms with Gasteiger partial charge in [-0.3, -0.25) is 4.68 Å². The van der Waals surface area contributed by atoms with E-state index in [-0.39, 0.29) is 29.2 Å². The summed E-state index contributed by atoms with van der Waals surface area (Å²) in [7, 11) is -2.94. The Morgan fingerprint density at radius 3 is 2.53 bits per heavy atom. The van der Waals surface area contributed by atoms with Gasteiger partial charge in [0.05, 0.1) is 17.5 Å². The van der Waals surface area contributed by atoms with Crippen molar-refractivity contribution in [2.24, 2.45) is 0 Å². The standard InChI is InChI=1S/C10H14N2O4S/c1-6(2)9-3-8(10(13)14)11-12(9)7-4-17(15,16)5-7/h3,6-7H,4-5H2,1-2H3,(H,13,14). The highest BCUT2D eigenvalue weighted by atomic mass is 32.2. The van der Waals surface area contributed by atoms with Gasteiger partial charge in [-0.15, -0.1) is 0 Å². The normalized spacial score (nSPS) is 19.2. The second kappa shape index (κ2) is 3.83. The molecule has 2 rings (SSSR count). The largest absolute Gasteiger partial charge is 0.476 e. The van der Waals surface area contributed by atoms with Crippen LogP contribution in [-0.4, -0.2) is 40.8 Å². The maximum atomic E-state index is 11.1. The number of carboxylic acids is 1. The molecule has 1 aliphatic rings. The summed E-state index contributed by atoms with van der Waals surface area (Å²) in [6, 6.07) is 1.29.